The SMILES string of the molecule is CCC(C)SCC(Cc1cc(C)nn1C)NC. The van der Waals surface area contributed by atoms with Crippen LogP contribution < -0.4 is 5.32 Å². The molecule has 1 aromatic rings. The number of nitrogens with one attached hydrogen (secondary N) is 1. The van der Waals surface area contributed by atoms with Crippen LogP contribution in [0.2, 0.25) is 0 Å². The van der Waals surface area contributed by atoms with Gasteiger partial charge in [-0.05, 0) is 26.5 Å². The van der Waals surface area contributed by atoms with E-state index in [2.05, 4.69) is 30.3 Å². The number of rotatable bonds is 7. The first-order chi connectivity index (χ1) is 8.06. The van der Waals surface area contributed by atoms with Gasteiger partial charge in [0.2, 0.25) is 0 Å². The first-order valence-corrected chi connectivity index (χ1v) is 7.40. The molecule has 0 spiro atoms. The number of thioether (sulfide) groups is 1. The monoisotopic (exact) mass is 255 g/mol. The Bertz CT molecular complexity index is 335. The Hall–Kier alpha value is -0.480. The normalized spacial score (nSPS) is 14.9. The van der Waals surface area contributed by atoms with Crippen molar-refractivity contribution in [3.05, 3.63) is 17.5 Å². The molecular weight excluding hydrogens is 230 g/mol. The van der Waals surface area contributed by atoms with Crippen molar-refractivity contribution in [2.75, 3.05) is 12.8 Å². The van der Waals surface area contributed by atoms with Crippen LogP contribution in [-0.4, -0.2) is 33.9 Å². The molecule has 2 atom stereocenters. The standard InChI is InChI=1S/C13H25N3S/c1-6-11(3)17-9-12(14-4)8-13-7-10(2)15-16(13)5/h7,11-12,14H,6,8-9H2,1-5H3. The van der Waals surface area contributed by atoms with Gasteiger partial charge in [-0.1, -0.05) is 13.8 Å². The van der Waals surface area contributed by atoms with Crippen molar-refractivity contribution in [3.63, 3.8) is 0 Å². The minimum atomic E-state index is 0.531. The average Bonchev–Trinajstić information content (AvgIpc) is 2.62. The molecule has 0 aliphatic carbocycles. The van der Waals surface area contributed by atoms with Crippen LogP contribution in [0.15, 0.2) is 6.07 Å². The summed E-state index contributed by atoms with van der Waals surface area (Å²) in [5.41, 5.74) is 2.42. The van der Waals surface area contributed by atoms with Crippen molar-refractivity contribution in [2.45, 2.75) is 44.9 Å². The van der Waals surface area contributed by atoms with Crippen LogP contribution in [0.25, 0.3) is 0 Å². The van der Waals surface area contributed by atoms with Crippen molar-refractivity contribution in [1.82, 2.24) is 15.1 Å². The number of hydrogen-bond acceptors (Lipinski definition) is 3. The van der Waals surface area contributed by atoms with E-state index in [1.54, 1.807) is 0 Å². The van der Waals surface area contributed by atoms with Crippen molar-refractivity contribution < 1.29 is 0 Å². The summed E-state index contributed by atoms with van der Waals surface area (Å²) in [6.45, 7) is 6.59. The molecule has 0 saturated carbocycles. The van der Waals surface area contributed by atoms with Gasteiger partial charge in [0.1, 0.15) is 0 Å². The van der Waals surface area contributed by atoms with Gasteiger partial charge in [-0.2, -0.15) is 16.9 Å². The maximum atomic E-state index is 4.39. The highest BCUT2D eigenvalue weighted by atomic mass is 32.2. The second kappa shape index (κ2) is 7.07. The lowest BCUT2D eigenvalue weighted by Gasteiger charge is -2.18. The summed E-state index contributed by atoms with van der Waals surface area (Å²) in [4.78, 5) is 0. The lowest BCUT2D eigenvalue weighted by molar-refractivity contribution is 0.581. The average molecular weight is 255 g/mol. The molecule has 2 unspecified atom stereocenters. The minimum Gasteiger partial charge on any atom is -0.316 e. The summed E-state index contributed by atoms with van der Waals surface area (Å²) in [6.07, 6.45) is 2.29. The van der Waals surface area contributed by atoms with Crippen LogP contribution in [-0.2, 0) is 13.5 Å². The molecule has 3 nitrogen and oxygen atoms in total. The fraction of sp³-hybridized carbons (Fsp3) is 0.769. The predicted octanol–water partition coefficient (Wildman–Crippen LogP) is 2.39. The Morgan fingerprint density at radius 1 is 1.53 bits per heavy atom. The van der Waals surface area contributed by atoms with E-state index in [0.717, 1.165) is 23.1 Å². The van der Waals surface area contributed by atoms with E-state index >= 15 is 0 Å². The lowest BCUT2D eigenvalue weighted by atomic mass is 10.2. The molecule has 4 heteroatoms. The zero-order valence-electron chi connectivity index (χ0n) is 11.7. The maximum absolute atomic E-state index is 4.39. The highest BCUT2D eigenvalue weighted by Crippen LogP contribution is 2.16. The molecule has 0 saturated heterocycles. The highest BCUT2D eigenvalue weighted by Gasteiger charge is 2.12. The predicted molar refractivity (Wildman–Crippen MR) is 76.7 cm³/mol. The Kier molecular flexibility index (Phi) is 6.06. The Labute approximate surface area is 109 Å². The summed E-state index contributed by atoms with van der Waals surface area (Å²) >= 11 is 2.05. The molecular formula is C13H25N3S. The quantitative estimate of drug-likeness (QED) is 0.811. The van der Waals surface area contributed by atoms with E-state index in [1.807, 2.05) is 37.5 Å². The third-order valence-corrected chi connectivity index (χ3v) is 4.62. The van der Waals surface area contributed by atoms with E-state index in [1.165, 1.54) is 12.1 Å². The molecule has 1 N–H and O–H groups in total. The Morgan fingerprint density at radius 2 is 2.24 bits per heavy atom. The van der Waals surface area contributed by atoms with E-state index in [0.29, 0.717) is 6.04 Å². The summed E-state index contributed by atoms with van der Waals surface area (Å²) in [6, 6.07) is 2.71. The summed E-state index contributed by atoms with van der Waals surface area (Å²) in [5, 5.41) is 8.55. The second-order valence-corrected chi connectivity index (χ2v) is 6.11. The zero-order valence-corrected chi connectivity index (χ0v) is 12.5. The number of aromatic nitrogens is 2. The molecule has 0 radical (unpaired) electrons. The molecule has 17 heavy (non-hydrogen) atoms. The fourth-order valence-corrected chi connectivity index (χ4v) is 2.83. The maximum Gasteiger partial charge on any atom is 0.0596 e. The summed E-state index contributed by atoms with van der Waals surface area (Å²) in [7, 11) is 4.07. The molecule has 0 aromatic carbocycles. The van der Waals surface area contributed by atoms with E-state index in [4.69, 9.17) is 0 Å². The van der Waals surface area contributed by atoms with E-state index in [9.17, 15) is 0 Å². The van der Waals surface area contributed by atoms with Crippen LogP contribution in [0.5, 0.6) is 0 Å². The summed E-state index contributed by atoms with van der Waals surface area (Å²) in [5.74, 6) is 1.16. The van der Waals surface area contributed by atoms with E-state index in [-0.39, 0.29) is 0 Å². The fourth-order valence-electron chi connectivity index (χ4n) is 1.75. The van der Waals surface area contributed by atoms with Gasteiger partial charge in [-0.3, -0.25) is 4.68 Å². The third-order valence-electron chi connectivity index (χ3n) is 3.12. The van der Waals surface area contributed by atoms with Gasteiger partial charge in [-0.15, -0.1) is 0 Å². The molecule has 0 fully saturated rings. The number of hydrogen-bond donors (Lipinski definition) is 1. The Morgan fingerprint density at radius 3 is 2.71 bits per heavy atom. The Balaban J connectivity index is 2.49. The molecule has 0 aliphatic heterocycles. The van der Waals surface area contributed by atoms with Crippen molar-refractivity contribution in [3.8, 4) is 0 Å². The third kappa shape index (κ3) is 4.72. The lowest BCUT2D eigenvalue weighted by Crippen LogP contribution is -2.31. The van der Waals surface area contributed by atoms with E-state index < -0.39 is 0 Å². The van der Waals surface area contributed by atoms with Crippen LogP contribution in [0.3, 0.4) is 0 Å². The highest BCUT2D eigenvalue weighted by molar-refractivity contribution is 7.99. The second-order valence-electron chi connectivity index (χ2n) is 4.64. The van der Waals surface area contributed by atoms with Crippen molar-refractivity contribution in [2.24, 2.45) is 7.05 Å². The largest absolute Gasteiger partial charge is 0.316 e. The van der Waals surface area contributed by atoms with Gasteiger partial charge in [0, 0.05) is 36.2 Å². The molecule has 1 rings (SSSR count). The van der Waals surface area contributed by atoms with Gasteiger partial charge < -0.3 is 5.32 Å². The van der Waals surface area contributed by atoms with Crippen LogP contribution in [0.1, 0.15) is 31.7 Å². The smallest absolute Gasteiger partial charge is 0.0596 e. The minimum absolute atomic E-state index is 0.531. The van der Waals surface area contributed by atoms with Crippen LogP contribution in [0.4, 0.5) is 0 Å². The number of nitrogens with zero attached hydrogens (tertiary/aromatic N) is 2. The van der Waals surface area contributed by atoms with Gasteiger partial charge in [0.05, 0.1) is 5.69 Å². The zero-order chi connectivity index (χ0) is 12.8. The summed E-state index contributed by atoms with van der Waals surface area (Å²) < 4.78 is 1.99. The van der Waals surface area contributed by atoms with Crippen molar-refractivity contribution >= 4 is 11.8 Å². The first-order valence-electron chi connectivity index (χ1n) is 6.35. The number of likely N-dealkylation sites (N-methyl/N-ethyl adjacent to an activating group) is 1. The molecule has 98 valence electrons. The van der Waals surface area contributed by atoms with Crippen LogP contribution >= 0.6 is 11.8 Å². The molecule has 0 aliphatic rings. The van der Waals surface area contributed by atoms with Gasteiger partial charge >= 0.3 is 0 Å². The van der Waals surface area contributed by atoms with Gasteiger partial charge in [-0.25, -0.2) is 0 Å². The molecule has 1 aromatic heterocycles. The molecule has 0 bridgehead atoms. The first kappa shape index (κ1) is 14.6. The molecule has 0 amide bonds. The topological polar surface area (TPSA) is 29.9 Å². The van der Waals surface area contributed by atoms with Gasteiger partial charge in [0.15, 0.2) is 0 Å². The number of aryl methyl sites for hydroxylation is 2. The van der Waals surface area contributed by atoms with Crippen molar-refractivity contribution in [1.29, 1.82) is 0 Å². The molecule has 1 heterocycles. The van der Waals surface area contributed by atoms with Gasteiger partial charge in [0.25, 0.3) is 0 Å². The van der Waals surface area contributed by atoms with Crippen LogP contribution in [0, 0.1) is 6.92 Å².